The molecule has 0 spiro atoms. The van der Waals surface area contributed by atoms with Gasteiger partial charge in [-0.2, -0.15) is 0 Å². The van der Waals surface area contributed by atoms with Crippen molar-refractivity contribution < 1.29 is 19.1 Å². The van der Waals surface area contributed by atoms with Crippen LogP contribution in [-0.4, -0.2) is 37.2 Å². The molecule has 0 bridgehead atoms. The second kappa shape index (κ2) is 10.7. The third-order valence-corrected chi connectivity index (χ3v) is 5.71. The first-order valence-corrected chi connectivity index (χ1v) is 11.3. The van der Waals surface area contributed by atoms with Gasteiger partial charge in [-0.3, -0.25) is 10.2 Å². The van der Waals surface area contributed by atoms with Crippen LogP contribution >= 0.6 is 0 Å². The van der Waals surface area contributed by atoms with Gasteiger partial charge in [0.1, 0.15) is 12.4 Å². The van der Waals surface area contributed by atoms with Crippen molar-refractivity contribution in [1.29, 1.82) is 0 Å². The van der Waals surface area contributed by atoms with E-state index in [2.05, 4.69) is 5.32 Å². The Kier molecular flexibility index (Phi) is 7.32. The lowest BCUT2D eigenvalue weighted by molar-refractivity contribution is 0.155. The number of anilines is 2. The highest BCUT2D eigenvalue weighted by molar-refractivity contribution is 5.99. The molecule has 0 aromatic heterocycles. The fraction of sp³-hybridized carbons (Fsp3) is 0.259. The zero-order valence-electron chi connectivity index (χ0n) is 19.5. The Morgan fingerprint density at radius 1 is 0.971 bits per heavy atom. The maximum absolute atomic E-state index is 13.4. The van der Waals surface area contributed by atoms with Crippen molar-refractivity contribution in [3.05, 3.63) is 89.5 Å². The van der Waals surface area contributed by atoms with E-state index < -0.39 is 6.09 Å². The third-order valence-electron chi connectivity index (χ3n) is 5.71. The Bertz CT molecular complexity index is 1150. The molecule has 1 fully saturated rings. The van der Waals surface area contributed by atoms with Gasteiger partial charge in [0.25, 0.3) is 0 Å². The highest BCUT2D eigenvalue weighted by Gasteiger charge is 2.29. The fourth-order valence-corrected chi connectivity index (χ4v) is 4.00. The van der Waals surface area contributed by atoms with Crippen LogP contribution in [0.15, 0.2) is 72.8 Å². The molecule has 0 atom stereocenters. The maximum atomic E-state index is 13.4. The minimum absolute atomic E-state index is 0.0985. The normalized spacial score (nSPS) is 13.5. The molecule has 1 N–H and O–H groups in total. The fourth-order valence-electron chi connectivity index (χ4n) is 4.00. The van der Waals surface area contributed by atoms with E-state index in [1.165, 1.54) is 0 Å². The molecule has 7 nitrogen and oxygen atoms in total. The summed E-state index contributed by atoms with van der Waals surface area (Å²) < 4.78 is 10.7. The SMILES string of the molecule is COc1cccc(CN2CCCN(c3ccc(C)cc3NC(=O)OCc3ccccc3)C2=O)c1. The van der Waals surface area contributed by atoms with Crippen LogP contribution in [0.1, 0.15) is 23.1 Å². The summed E-state index contributed by atoms with van der Waals surface area (Å²) in [5.74, 6) is 0.762. The van der Waals surface area contributed by atoms with E-state index in [0.717, 1.165) is 28.9 Å². The lowest BCUT2D eigenvalue weighted by atomic mass is 10.1. The van der Waals surface area contributed by atoms with Crippen molar-refractivity contribution in [2.75, 3.05) is 30.4 Å². The van der Waals surface area contributed by atoms with E-state index in [0.29, 0.717) is 31.0 Å². The van der Waals surface area contributed by atoms with Gasteiger partial charge in [0, 0.05) is 19.6 Å². The molecule has 1 aliphatic rings. The lowest BCUT2D eigenvalue weighted by Gasteiger charge is -2.36. The van der Waals surface area contributed by atoms with Crippen molar-refractivity contribution in [3.63, 3.8) is 0 Å². The van der Waals surface area contributed by atoms with Crippen LogP contribution in [0.25, 0.3) is 0 Å². The molecule has 0 saturated carbocycles. The van der Waals surface area contributed by atoms with Crippen LogP contribution in [0.4, 0.5) is 21.0 Å². The third kappa shape index (κ3) is 5.67. The van der Waals surface area contributed by atoms with Gasteiger partial charge in [-0.15, -0.1) is 0 Å². The van der Waals surface area contributed by atoms with Crippen LogP contribution in [0.2, 0.25) is 0 Å². The summed E-state index contributed by atoms with van der Waals surface area (Å²) in [6.45, 7) is 3.84. The number of carbonyl (C=O) groups excluding carboxylic acids is 2. The van der Waals surface area contributed by atoms with Crippen LogP contribution in [0.5, 0.6) is 5.75 Å². The van der Waals surface area contributed by atoms with Crippen molar-refractivity contribution in [2.24, 2.45) is 0 Å². The Labute approximate surface area is 199 Å². The van der Waals surface area contributed by atoms with E-state index >= 15 is 0 Å². The molecule has 1 heterocycles. The van der Waals surface area contributed by atoms with Crippen LogP contribution < -0.4 is 15.0 Å². The largest absolute Gasteiger partial charge is 0.497 e. The molecule has 0 unspecified atom stereocenters. The second-order valence-electron chi connectivity index (χ2n) is 8.27. The molecule has 7 heteroatoms. The van der Waals surface area contributed by atoms with Gasteiger partial charge < -0.3 is 14.4 Å². The van der Waals surface area contributed by atoms with Gasteiger partial charge in [0.15, 0.2) is 0 Å². The number of ether oxygens (including phenoxy) is 2. The Morgan fingerprint density at radius 2 is 1.76 bits per heavy atom. The number of carbonyl (C=O) groups is 2. The monoisotopic (exact) mass is 459 g/mol. The highest BCUT2D eigenvalue weighted by Crippen LogP contribution is 2.31. The average Bonchev–Trinajstić information content (AvgIpc) is 2.85. The standard InChI is InChI=1S/C27H29N3O4/c1-20-12-13-25(24(16-20)28-26(31)34-19-21-8-4-3-5-9-21)30-15-7-14-29(27(30)32)18-22-10-6-11-23(17-22)33-2/h3-6,8-13,16-17H,7,14-15,18-19H2,1-2H3,(H,28,31). The van der Waals surface area contributed by atoms with E-state index in [-0.39, 0.29) is 12.6 Å². The minimum Gasteiger partial charge on any atom is -0.497 e. The number of aryl methyl sites for hydroxylation is 1. The Hall–Kier alpha value is -4.00. The molecule has 3 aromatic carbocycles. The predicted octanol–water partition coefficient (Wildman–Crippen LogP) is 5.58. The van der Waals surface area contributed by atoms with Gasteiger partial charge in [0.2, 0.25) is 0 Å². The summed E-state index contributed by atoms with van der Waals surface area (Å²) in [5.41, 5.74) is 4.08. The van der Waals surface area contributed by atoms with Crippen molar-refractivity contribution in [3.8, 4) is 5.75 Å². The summed E-state index contributed by atoms with van der Waals surface area (Å²) in [4.78, 5) is 29.4. The van der Waals surface area contributed by atoms with E-state index in [1.807, 2.05) is 84.6 Å². The molecule has 4 rings (SSSR count). The summed E-state index contributed by atoms with van der Waals surface area (Å²) in [5, 5.41) is 2.83. The summed E-state index contributed by atoms with van der Waals surface area (Å²) in [7, 11) is 1.63. The predicted molar refractivity (Wildman–Crippen MR) is 132 cm³/mol. The Morgan fingerprint density at radius 3 is 2.56 bits per heavy atom. The number of urea groups is 1. The van der Waals surface area contributed by atoms with Crippen molar-refractivity contribution in [1.82, 2.24) is 4.90 Å². The molecule has 1 aliphatic heterocycles. The smallest absolute Gasteiger partial charge is 0.412 e. The lowest BCUT2D eigenvalue weighted by Crippen LogP contribution is -2.49. The zero-order valence-corrected chi connectivity index (χ0v) is 19.5. The summed E-state index contributed by atoms with van der Waals surface area (Å²) >= 11 is 0. The quantitative estimate of drug-likeness (QED) is 0.500. The van der Waals surface area contributed by atoms with E-state index in [4.69, 9.17) is 9.47 Å². The van der Waals surface area contributed by atoms with Crippen LogP contribution in [-0.2, 0) is 17.9 Å². The molecular formula is C27H29N3O4. The summed E-state index contributed by atoms with van der Waals surface area (Å²) in [6.07, 6.45) is 0.259. The molecular weight excluding hydrogens is 430 g/mol. The van der Waals surface area contributed by atoms with Crippen molar-refractivity contribution in [2.45, 2.75) is 26.5 Å². The van der Waals surface area contributed by atoms with E-state index in [1.54, 1.807) is 12.0 Å². The molecule has 3 aromatic rings. The number of rotatable bonds is 7. The molecule has 34 heavy (non-hydrogen) atoms. The van der Waals surface area contributed by atoms with Gasteiger partial charge in [-0.25, -0.2) is 9.59 Å². The molecule has 176 valence electrons. The summed E-state index contributed by atoms with van der Waals surface area (Å²) in [6, 6.07) is 22.8. The number of hydrogen-bond acceptors (Lipinski definition) is 4. The van der Waals surface area contributed by atoms with Crippen LogP contribution in [0, 0.1) is 6.92 Å². The Balaban J connectivity index is 1.48. The molecule has 0 radical (unpaired) electrons. The number of methoxy groups -OCH3 is 1. The van der Waals surface area contributed by atoms with Gasteiger partial charge >= 0.3 is 12.1 Å². The number of benzene rings is 3. The highest BCUT2D eigenvalue weighted by atomic mass is 16.5. The maximum Gasteiger partial charge on any atom is 0.412 e. The number of nitrogens with one attached hydrogen (secondary N) is 1. The van der Waals surface area contributed by atoms with Crippen molar-refractivity contribution >= 4 is 23.5 Å². The molecule has 1 saturated heterocycles. The average molecular weight is 460 g/mol. The van der Waals surface area contributed by atoms with Gasteiger partial charge in [-0.05, 0) is 54.3 Å². The van der Waals surface area contributed by atoms with Gasteiger partial charge in [0.05, 0.1) is 18.5 Å². The zero-order chi connectivity index (χ0) is 23.9. The topological polar surface area (TPSA) is 71.1 Å². The first kappa shape index (κ1) is 23.2. The first-order chi connectivity index (χ1) is 16.5. The van der Waals surface area contributed by atoms with E-state index in [9.17, 15) is 9.59 Å². The van der Waals surface area contributed by atoms with Crippen LogP contribution in [0.3, 0.4) is 0 Å². The molecule has 3 amide bonds. The number of amides is 3. The minimum atomic E-state index is -0.562. The molecule has 0 aliphatic carbocycles. The van der Waals surface area contributed by atoms with Gasteiger partial charge in [-0.1, -0.05) is 48.5 Å². The number of nitrogens with zero attached hydrogens (tertiary/aromatic N) is 2. The first-order valence-electron chi connectivity index (χ1n) is 11.3. The second-order valence-corrected chi connectivity index (χ2v) is 8.27. The number of hydrogen-bond donors (Lipinski definition) is 1.